The lowest BCUT2D eigenvalue weighted by Crippen LogP contribution is -2.64. The van der Waals surface area contributed by atoms with Gasteiger partial charge in [-0.1, -0.05) is 102 Å². The van der Waals surface area contributed by atoms with E-state index < -0.39 is 183 Å². The Hall–Kier alpha value is -6.75. The maximum atomic E-state index is 15.7. The summed E-state index contributed by atoms with van der Waals surface area (Å²) in [5.41, 5.74) is 0. The van der Waals surface area contributed by atoms with Crippen LogP contribution in [-0.2, 0) is 76.8 Å². The highest BCUT2D eigenvalue weighted by atomic mass is 32.2. The lowest BCUT2D eigenvalue weighted by molar-refractivity contribution is -0.164. The first-order chi connectivity index (χ1) is 46.3. The summed E-state index contributed by atoms with van der Waals surface area (Å²) in [6.45, 7) is 30.9. The molecule has 0 aromatic rings. The van der Waals surface area contributed by atoms with Gasteiger partial charge in [0.25, 0.3) is 0 Å². The Kier molecular flexibility index (Phi) is 36.4. The molecule has 0 radical (unpaired) electrons. The molecule has 2 heterocycles. The summed E-state index contributed by atoms with van der Waals surface area (Å²) in [6, 6.07) is -15.1. The second-order valence-electron chi connectivity index (χ2n) is 29.9. The Morgan fingerprint density at radius 1 is 0.540 bits per heavy atom. The zero-order valence-electron chi connectivity index (χ0n) is 64.8. The molecule has 2 fully saturated rings. The fourth-order valence-corrected chi connectivity index (χ4v) is 14.4. The number of nitrogens with zero attached hydrogens (tertiary/aromatic N) is 8. The molecule has 2 aliphatic heterocycles. The van der Waals surface area contributed by atoms with E-state index in [-0.39, 0.29) is 56.3 Å². The Morgan fingerprint density at radius 2 is 0.990 bits per heavy atom. The predicted octanol–water partition coefficient (Wildman–Crippen LogP) is 2.96. The van der Waals surface area contributed by atoms with Crippen molar-refractivity contribution in [2.75, 3.05) is 94.2 Å². The molecule has 2 aliphatic rings. The van der Waals surface area contributed by atoms with E-state index in [4.69, 9.17) is 9.47 Å². The van der Waals surface area contributed by atoms with Gasteiger partial charge in [-0.3, -0.25) is 62.4 Å². The van der Waals surface area contributed by atoms with Crippen LogP contribution in [0.5, 0.6) is 0 Å². The molecule has 29 heteroatoms. The average Bonchev–Trinajstić information content (AvgIpc) is 0.798. The van der Waals surface area contributed by atoms with Crippen molar-refractivity contribution in [2.45, 2.75) is 235 Å². The van der Waals surface area contributed by atoms with Crippen molar-refractivity contribution in [3.63, 3.8) is 0 Å². The van der Waals surface area contributed by atoms with Gasteiger partial charge in [-0.15, -0.1) is 0 Å². The van der Waals surface area contributed by atoms with Crippen molar-refractivity contribution in [2.24, 2.45) is 41.4 Å². The summed E-state index contributed by atoms with van der Waals surface area (Å²) in [5, 5.41) is 11.0. The topological polar surface area (TPSA) is 331 Å². The summed E-state index contributed by atoms with van der Waals surface area (Å²) in [6.07, 6.45) is 3.94. The summed E-state index contributed by atoms with van der Waals surface area (Å²) in [7, 11) is 5.81. The Labute approximate surface area is 597 Å². The zero-order valence-corrected chi connectivity index (χ0v) is 65.7. The van der Waals surface area contributed by atoms with Crippen LogP contribution in [0.15, 0.2) is 12.2 Å². The van der Waals surface area contributed by atoms with Crippen molar-refractivity contribution in [1.29, 1.82) is 0 Å². The number of amides is 11. The molecule has 0 spiro atoms. The van der Waals surface area contributed by atoms with E-state index >= 15 is 33.6 Å². The molecule has 0 aromatic carbocycles. The van der Waals surface area contributed by atoms with Crippen molar-refractivity contribution in [1.82, 2.24) is 60.5 Å². The fraction of sp³-hybridized carbons (Fsp3) is 0.803. The van der Waals surface area contributed by atoms with Crippen LogP contribution in [0.25, 0.3) is 0 Å². The third-order valence-corrected chi connectivity index (χ3v) is 20.2. The van der Waals surface area contributed by atoms with Gasteiger partial charge >= 0.3 is 5.97 Å². The number of hydrogen-bond donors (Lipinski definition) is 4. The van der Waals surface area contributed by atoms with Gasteiger partial charge < -0.3 is 65.0 Å². The molecule has 4 N–H and O–H groups in total. The number of likely N-dealkylation sites (N-methyl/N-ethyl adjacent to an activating group) is 7. The first-order valence-corrected chi connectivity index (χ1v) is 37.7. The quantitative estimate of drug-likeness (QED) is 0.0948. The van der Waals surface area contributed by atoms with E-state index in [0.717, 1.165) is 27.9 Å². The molecule has 572 valence electrons. The predicted molar refractivity (Wildman–Crippen MR) is 383 cm³/mol. The SMILES string of the molecule is C/C=C/C[C@@H](C)[C@@H](OC(C)=O)[C@H]1C(=O)N[C@@H](CC)C(=O)N(C)[C@H](CCCN2CCOCC2)C(=O)N(C)C([C@H](C)CS(C)(=O)=O)C(=O)N[C@@H](C(C)C)C(=O)N(C)[C@@H](CC(C)C)C(=O)N[C@@H](C)C(=O)N[C@H](C)C(=O)N(C)[C@@H](CC(C)C)C(=O)N(C)[C@@H](CC(C)C)C(=O)N(C)[C@@H](C(C)C)C(=O)N1C. The summed E-state index contributed by atoms with van der Waals surface area (Å²) >= 11 is 0. The second kappa shape index (κ2) is 40.8. The number of allylic oxidation sites excluding steroid dienone is 2. The molecule has 0 saturated carbocycles. The van der Waals surface area contributed by atoms with Crippen LogP contribution in [0.1, 0.15) is 163 Å². The van der Waals surface area contributed by atoms with Crippen molar-refractivity contribution >= 4 is 80.8 Å². The van der Waals surface area contributed by atoms with Crippen molar-refractivity contribution < 1.29 is 75.4 Å². The number of morpholine rings is 1. The van der Waals surface area contributed by atoms with Gasteiger partial charge in [0, 0.05) is 75.6 Å². The number of carbonyl (C=O) groups excluding carboxylic acids is 12. The summed E-state index contributed by atoms with van der Waals surface area (Å²) in [4.78, 5) is 190. The number of esters is 1. The first-order valence-electron chi connectivity index (χ1n) is 35.6. The number of rotatable bonds is 21. The maximum absolute atomic E-state index is 15.7. The minimum Gasteiger partial charge on any atom is -0.459 e. The molecule has 2 saturated heterocycles. The largest absolute Gasteiger partial charge is 0.459 e. The molecular weight excluding hydrogens is 1310 g/mol. The molecular formula is C71H126N12O16S. The van der Waals surface area contributed by atoms with Gasteiger partial charge in [-0.25, -0.2) is 8.42 Å². The Bertz CT molecular complexity index is 2940. The summed E-state index contributed by atoms with van der Waals surface area (Å²) < 4.78 is 37.9. The number of hydrogen-bond acceptors (Lipinski definition) is 17. The van der Waals surface area contributed by atoms with E-state index in [0.29, 0.717) is 39.3 Å². The Morgan fingerprint density at radius 3 is 1.47 bits per heavy atom. The van der Waals surface area contributed by atoms with Crippen molar-refractivity contribution in [3.8, 4) is 0 Å². The van der Waals surface area contributed by atoms with Crippen LogP contribution in [0.2, 0.25) is 0 Å². The molecule has 2 rings (SSSR count). The molecule has 28 nitrogen and oxygen atoms in total. The van der Waals surface area contributed by atoms with Gasteiger partial charge in [0.1, 0.15) is 82.4 Å². The van der Waals surface area contributed by atoms with Gasteiger partial charge in [-0.05, 0) is 114 Å². The normalized spacial score (nSPS) is 26.9. The van der Waals surface area contributed by atoms with E-state index in [9.17, 15) is 32.4 Å². The smallest absolute Gasteiger partial charge is 0.303 e. The molecule has 0 aliphatic carbocycles. The second-order valence-corrected chi connectivity index (χ2v) is 32.0. The van der Waals surface area contributed by atoms with E-state index in [1.54, 1.807) is 60.6 Å². The highest BCUT2D eigenvalue weighted by Crippen LogP contribution is 2.28. The zero-order chi connectivity index (χ0) is 76.9. The van der Waals surface area contributed by atoms with Crippen LogP contribution < -0.4 is 21.3 Å². The van der Waals surface area contributed by atoms with E-state index in [1.165, 1.54) is 89.7 Å². The monoisotopic (exact) mass is 1430 g/mol. The number of nitrogens with one attached hydrogen (secondary N) is 4. The van der Waals surface area contributed by atoms with E-state index in [2.05, 4.69) is 26.2 Å². The molecule has 100 heavy (non-hydrogen) atoms. The van der Waals surface area contributed by atoms with Crippen LogP contribution in [-0.4, -0.2) is 285 Å². The lowest BCUT2D eigenvalue weighted by Gasteiger charge is -2.42. The molecule has 0 bridgehead atoms. The van der Waals surface area contributed by atoms with Crippen LogP contribution >= 0.6 is 0 Å². The van der Waals surface area contributed by atoms with Gasteiger partial charge in [-0.2, -0.15) is 0 Å². The third kappa shape index (κ3) is 25.6. The third-order valence-electron chi connectivity index (χ3n) is 19.0. The van der Waals surface area contributed by atoms with Crippen LogP contribution in [0, 0.1) is 41.4 Å². The highest BCUT2D eigenvalue weighted by molar-refractivity contribution is 7.90. The van der Waals surface area contributed by atoms with Crippen LogP contribution in [0.4, 0.5) is 0 Å². The molecule has 1 unspecified atom stereocenters. The van der Waals surface area contributed by atoms with Gasteiger partial charge in [0.15, 0.2) is 0 Å². The van der Waals surface area contributed by atoms with Crippen LogP contribution in [0.3, 0.4) is 0 Å². The Balaban J connectivity index is 3.25. The average molecular weight is 1440 g/mol. The summed E-state index contributed by atoms with van der Waals surface area (Å²) in [5.74, 6) is -13.6. The number of ether oxygens (including phenoxy) is 2. The molecule has 14 atom stereocenters. The lowest BCUT2D eigenvalue weighted by atomic mass is 9.91. The van der Waals surface area contributed by atoms with Gasteiger partial charge in [0.05, 0.1) is 19.0 Å². The maximum Gasteiger partial charge on any atom is 0.303 e. The van der Waals surface area contributed by atoms with Gasteiger partial charge in [0.2, 0.25) is 65.0 Å². The number of sulfone groups is 1. The first kappa shape index (κ1) is 89.3. The minimum absolute atomic E-state index is 0.00614. The molecule has 11 amide bonds. The van der Waals surface area contributed by atoms with Crippen molar-refractivity contribution in [3.05, 3.63) is 12.2 Å². The number of carbonyl (C=O) groups is 12. The minimum atomic E-state index is -3.87. The molecule has 0 aromatic heterocycles. The fourth-order valence-electron chi connectivity index (χ4n) is 13.3. The standard InChI is InChI=1S/C71H126N12O16S/c1-26-28-30-46(13)60(99-50(17)84)59-64(88)74-51(27-2)66(90)76(18)52(31-29-32-83-33-35-98-36-34-83)67(91)81(23)58(47(14)40-100(25,96)97)63(87)75-56(44(9)10)70(94)77(19)53(37-41(3)4)62(86)72-48(15)61(85)73-49(16)65(89)78(20)54(38-42(5)6)68(92)79(21)55(39-43(7)8)69(93)80(22)57(45(11)12)71(95)82(59)24/h26,28,41-49,51-60H,27,29-40H2,1-25H3,(H,72,86)(H,73,85)(H,74,88)(H,75,87)/b28-26+/t46-,47-,48+,49-,51+,52-,53+,54+,55+,56+,57+,58?,59+,60-/m1/s1. The highest BCUT2D eigenvalue weighted by Gasteiger charge is 2.48. The van der Waals surface area contributed by atoms with E-state index in [1.807, 2.05) is 41.5 Å².